The van der Waals surface area contributed by atoms with Crippen LogP contribution >= 0.6 is 11.6 Å². The molecule has 0 aliphatic carbocycles. The van der Waals surface area contributed by atoms with Gasteiger partial charge >= 0.3 is 0 Å². The number of pyridine rings is 1. The molecule has 0 spiro atoms. The first kappa shape index (κ1) is 9.80. The molecule has 0 unspecified atom stereocenters. The first-order chi connectivity index (χ1) is 6.19. The fraction of sp³-hybridized carbons (Fsp3) is 0.250. The molecule has 1 aromatic rings. The molecule has 0 atom stereocenters. The second-order valence-corrected chi connectivity index (χ2v) is 2.67. The average molecular weight is 201 g/mol. The van der Waals surface area contributed by atoms with Crippen molar-refractivity contribution in [3.05, 3.63) is 23.0 Å². The van der Waals surface area contributed by atoms with E-state index in [2.05, 4.69) is 10.3 Å². The molecule has 1 rings (SSSR count). The minimum atomic E-state index is -0.249. The summed E-state index contributed by atoms with van der Waals surface area (Å²) in [6, 6.07) is 1.49. The summed E-state index contributed by atoms with van der Waals surface area (Å²) in [5.41, 5.74) is 0.370. The molecule has 1 N–H and O–H groups in total. The summed E-state index contributed by atoms with van der Waals surface area (Å²) in [5, 5.41) is 2.77. The number of nitrogens with one attached hydrogen (secondary N) is 1. The van der Waals surface area contributed by atoms with Crippen LogP contribution in [-0.2, 0) is 0 Å². The first-order valence-electron chi connectivity index (χ1n) is 3.60. The van der Waals surface area contributed by atoms with E-state index in [1.807, 2.05) is 0 Å². The largest absolute Gasteiger partial charge is 0.496 e. The summed E-state index contributed by atoms with van der Waals surface area (Å²) in [6.07, 6.45) is 1.38. The van der Waals surface area contributed by atoms with Crippen molar-refractivity contribution in [2.75, 3.05) is 14.2 Å². The number of ether oxygens (including phenoxy) is 1. The highest BCUT2D eigenvalue weighted by Gasteiger charge is 2.11. The second-order valence-electron chi connectivity index (χ2n) is 2.29. The van der Waals surface area contributed by atoms with Gasteiger partial charge in [0.1, 0.15) is 10.9 Å². The Morgan fingerprint density at radius 3 is 2.92 bits per heavy atom. The molecule has 13 heavy (non-hydrogen) atoms. The Morgan fingerprint density at radius 2 is 2.38 bits per heavy atom. The van der Waals surface area contributed by atoms with Crippen molar-refractivity contribution in [3.63, 3.8) is 0 Å². The Hall–Kier alpha value is -1.29. The summed E-state index contributed by atoms with van der Waals surface area (Å²) < 4.78 is 4.96. The number of hydrogen-bond acceptors (Lipinski definition) is 3. The minimum absolute atomic E-state index is 0.249. The minimum Gasteiger partial charge on any atom is -0.496 e. The topological polar surface area (TPSA) is 51.2 Å². The molecule has 0 saturated heterocycles. The molecule has 1 heterocycles. The molecule has 70 valence electrons. The van der Waals surface area contributed by atoms with Crippen LogP contribution in [-0.4, -0.2) is 25.0 Å². The summed E-state index contributed by atoms with van der Waals surface area (Å²) in [6.45, 7) is 0. The van der Waals surface area contributed by atoms with Crippen LogP contribution in [0.3, 0.4) is 0 Å². The lowest BCUT2D eigenvalue weighted by atomic mass is 10.2. The van der Waals surface area contributed by atoms with Gasteiger partial charge in [-0.2, -0.15) is 0 Å². The van der Waals surface area contributed by atoms with Crippen LogP contribution in [0.25, 0.3) is 0 Å². The summed E-state index contributed by atoms with van der Waals surface area (Å²) in [5.74, 6) is 0.167. The number of halogens is 1. The monoisotopic (exact) mass is 200 g/mol. The maximum absolute atomic E-state index is 11.2. The van der Waals surface area contributed by atoms with Gasteiger partial charge in [0.15, 0.2) is 0 Å². The van der Waals surface area contributed by atoms with Crippen LogP contribution in [0, 0.1) is 0 Å². The van der Waals surface area contributed by atoms with Crippen LogP contribution in [0.5, 0.6) is 5.75 Å². The Bertz CT molecular complexity index is 328. The maximum atomic E-state index is 11.2. The van der Waals surface area contributed by atoms with Crippen LogP contribution < -0.4 is 10.1 Å². The molecule has 0 bridgehead atoms. The Balaban J connectivity index is 3.13. The van der Waals surface area contributed by atoms with Gasteiger partial charge in [0, 0.05) is 19.3 Å². The van der Waals surface area contributed by atoms with E-state index in [-0.39, 0.29) is 5.91 Å². The number of methoxy groups -OCH3 is 1. The van der Waals surface area contributed by atoms with E-state index in [1.54, 1.807) is 0 Å². The molecule has 0 radical (unpaired) electrons. The van der Waals surface area contributed by atoms with Gasteiger partial charge in [-0.1, -0.05) is 11.6 Å². The zero-order chi connectivity index (χ0) is 9.84. The predicted octanol–water partition coefficient (Wildman–Crippen LogP) is 1.10. The number of carbonyl (C=O) groups excluding carboxylic acids is 1. The van der Waals surface area contributed by atoms with Crippen molar-refractivity contribution in [2.24, 2.45) is 0 Å². The van der Waals surface area contributed by atoms with Crippen LogP contribution in [0.4, 0.5) is 0 Å². The van der Waals surface area contributed by atoms with Gasteiger partial charge in [-0.3, -0.25) is 4.79 Å². The average Bonchev–Trinajstić information content (AvgIpc) is 2.16. The number of nitrogens with zero attached hydrogens (tertiary/aromatic N) is 1. The van der Waals surface area contributed by atoms with E-state index in [1.165, 1.54) is 26.4 Å². The van der Waals surface area contributed by atoms with Crippen molar-refractivity contribution in [3.8, 4) is 5.75 Å². The van der Waals surface area contributed by atoms with Crippen LogP contribution in [0.15, 0.2) is 12.3 Å². The van der Waals surface area contributed by atoms with Gasteiger partial charge in [-0.05, 0) is 0 Å². The predicted molar refractivity (Wildman–Crippen MR) is 49.2 cm³/mol. The number of aromatic nitrogens is 1. The summed E-state index contributed by atoms with van der Waals surface area (Å²) in [7, 11) is 3.01. The van der Waals surface area contributed by atoms with Gasteiger partial charge in [0.25, 0.3) is 5.91 Å². The van der Waals surface area contributed by atoms with Gasteiger partial charge in [-0.25, -0.2) is 4.98 Å². The standard InChI is InChI=1S/C8H9ClN2O2/c1-10-8(12)5-4-11-7(9)3-6(5)13-2/h3-4H,1-2H3,(H,10,12). The van der Waals surface area contributed by atoms with E-state index >= 15 is 0 Å². The van der Waals surface area contributed by atoms with Crippen LogP contribution in [0.1, 0.15) is 10.4 Å². The van der Waals surface area contributed by atoms with E-state index in [0.717, 1.165) is 0 Å². The first-order valence-corrected chi connectivity index (χ1v) is 3.98. The highest BCUT2D eigenvalue weighted by Crippen LogP contribution is 2.20. The van der Waals surface area contributed by atoms with Gasteiger partial charge in [-0.15, -0.1) is 0 Å². The van der Waals surface area contributed by atoms with Crippen molar-refractivity contribution in [2.45, 2.75) is 0 Å². The van der Waals surface area contributed by atoms with E-state index in [9.17, 15) is 4.79 Å². The maximum Gasteiger partial charge on any atom is 0.256 e. The molecule has 1 aromatic heterocycles. The number of carbonyl (C=O) groups is 1. The third-order valence-corrected chi connectivity index (χ3v) is 1.73. The lowest BCUT2D eigenvalue weighted by molar-refractivity contribution is 0.0959. The highest BCUT2D eigenvalue weighted by molar-refractivity contribution is 6.29. The smallest absolute Gasteiger partial charge is 0.256 e. The normalized spacial score (nSPS) is 9.46. The van der Waals surface area contributed by atoms with E-state index < -0.39 is 0 Å². The Kier molecular flexibility index (Phi) is 3.08. The highest BCUT2D eigenvalue weighted by atomic mass is 35.5. The zero-order valence-corrected chi connectivity index (χ0v) is 8.05. The fourth-order valence-corrected chi connectivity index (χ4v) is 1.03. The van der Waals surface area contributed by atoms with Crippen LogP contribution in [0.2, 0.25) is 5.15 Å². The quantitative estimate of drug-likeness (QED) is 0.728. The molecule has 0 aliphatic rings. The molecule has 4 nitrogen and oxygen atoms in total. The van der Waals surface area contributed by atoms with Crippen molar-refractivity contribution < 1.29 is 9.53 Å². The molecular formula is C8H9ClN2O2. The molecule has 1 amide bonds. The van der Waals surface area contributed by atoms with Gasteiger partial charge in [0.2, 0.25) is 0 Å². The van der Waals surface area contributed by atoms with E-state index in [0.29, 0.717) is 16.5 Å². The molecular weight excluding hydrogens is 192 g/mol. The number of hydrogen-bond donors (Lipinski definition) is 1. The molecule has 0 aromatic carbocycles. The molecule has 5 heteroatoms. The lowest BCUT2D eigenvalue weighted by Crippen LogP contribution is -2.18. The summed E-state index contributed by atoms with van der Waals surface area (Å²) >= 11 is 5.62. The van der Waals surface area contributed by atoms with Crippen molar-refractivity contribution >= 4 is 17.5 Å². The molecule has 0 aliphatic heterocycles. The molecule has 0 fully saturated rings. The number of amides is 1. The second kappa shape index (κ2) is 4.09. The van der Waals surface area contributed by atoms with Gasteiger partial charge < -0.3 is 10.1 Å². The Labute approximate surface area is 80.9 Å². The number of rotatable bonds is 2. The SMILES string of the molecule is CNC(=O)c1cnc(Cl)cc1OC. The summed E-state index contributed by atoms with van der Waals surface area (Å²) in [4.78, 5) is 15.0. The zero-order valence-electron chi connectivity index (χ0n) is 7.30. The van der Waals surface area contributed by atoms with Crippen molar-refractivity contribution in [1.29, 1.82) is 0 Å². The molecule has 0 saturated carbocycles. The fourth-order valence-electron chi connectivity index (χ4n) is 0.887. The van der Waals surface area contributed by atoms with Gasteiger partial charge in [0.05, 0.1) is 12.7 Å². The van der Waals surface area contributed by atoms with Crippen molar-refractivity contribution in [1.82, 2.24) is 10.3 Å². The third kappa shape index (κ3) is 2.09. The third-order valence-electron chi connectivity index (χ3n) is 1.52. The van der Waals surface area contributed by atoms with E-state index in [4.69, 9.17) is 16.3 Å². The lowest BCUT2D eigenvalue weighted by Gasteiger charge is -2.06. The Morgan fingerprint density at radius 1 is 1.69 bits per heavy atom.